The summed E-state index contributed by atoms with van der Waals surface area (Å²) in [7, 11) is -3.55. The molecule has 0 spiro atoms. The molecular weight excluding hydrogens is 384 g/mol. The molecule has 2 saturated heterocycles. The lowest BCUT2D eigenvalue weighted by molar-refractivity contribution is -0.180. The number of hydrogen-bond acceptors (Lipinski definition) is 8. The molecule has 0 aromatic carbocycles. The SMILES string of the molecule is CC(C)(C)C(=O)OCOC(=O)[C@@H]1N2C(=O)[C@@H](NS(C)(=O)=O)[C@H]2SC1(C)C. The second-order valence-corrected chi connectivity index (χ2v) is 11.4. The summed E-state index contributed by atoms with van der Waals surface area (Å²) in [4.78, 5) is 37.8. The zero-order chi connectivity index (χ0) is 20.1. The normalized spacial score (nSPS) is 27.5. The second kappa shape index (κ2) is 6.68. The van der Waals surface area contributed by atoms with E-state index in [0.717, 1.165) is 6.26 Å². The minimum absolute atomic E-state index is 0.480. The van der Waals surface area contributed by atoms with Crippen LogP contribution >= 0.6 is 11.8 Å². The Hall–Kier alpha value is -1.33. The maximum atomic E-state index is 12.5. The highest BCUT2D eigenvalue weighted by Crippen LogP contribution is 2.51. The zero-order valence-electron chi connectivity index (χ0n) is 15.6. The quantitative estimate of drug-likeness (QED) is 0.385. The van der Waals surface area contributed by atoms with Crippen LogP contribution in [0.3, 0.4) is 0 Å². The number of nitrogens with one attached hydrogen (secondary N) is 1. The third kappa shape index (κ3) is 4.15. The van der Waals surface area contributed by atoms with Crippen LogP contribution in [0, 0.1) is 5.41 Å². The van der Waals surface area contributed by atoms with E-state index in [9.17, 15) is 22.8 Å². The summed E-state index contributed by atoms with van der Waals surface area (Å²) in [6.45, 7) is 8.02. The van der Waals surface area contributed by atoms with Gasteiger partial charge in [0.15, 0.2) is 0 Å². The largest absolute Gasteiger partial charge is 0.427 e. The van der Waals surface area contributed by atoms with Gasteiger partial charge in [0.1, 0.15) is 17.5 Å². The first-order valence-corrected chi connectivity index (χ1v) is 10.7. The van der Waals surface area contributed by atoms with E-state index in [2.05, 4.69) is 4.72 Å². The molecule has 26 heavy (non-hydrogen) atoms. The lowest BCUT2D eigenvalue weighted by Gasteiger charge is -2.43. The summed E-state index contributed by atoms with van der Waals surface area (Å²) in [5.41, 5.74) is -0.724. The molecule has 2 rings (SSSR count). The Labute approximate surface area is 157 Å². The van der Waals surface area contributed by atoms with E-state index in [1.165, 1.54) is 16.7 Å². The molecule has 0 aromatic rings. The van der Waals surface area contributed by atoms with Gasteiger partial charge in [0.25, 0.3) is 0 Å². The number of rotatable bonds is 5. The smallest absolute Gasteiger partial charge is 0.333 e. The van der Waals surface area contributed by atoms with Gasteiger partial charge in [-0.05, 0) is 34.6 Å². The molecule has 0 bridgehead atoms. The summed E-state index contributed by atoms with van der Waals surface area (Å²) < 4.78 is 34.4. The van der Waals surface area contributed by atoms with Gasteiger partial charge in [-0.3, -0.25) is 9.59 Å². The van der Waals surface area contributed by atoms with E-state index in [0.29, 0.717) is 0 Å². The maximum absolute atomic E-state index is 12.5. The van der Waals surface area contributed by atoms with Crippen molar-refractivity contribution in [2.75, 3.05) is 13.0 Å². The van der Waals surface area contributed by atoms with Crippen molar-refractivity contribution in [1.82, 2.24) is 9.62 Å². The molecule has 0 saturated carbocycles. The fourth-order valence-corrected chi connectivity index (χ4v) is 5.17. The first kappa shape index (κ1) is 21.0. The van der Waals surface area contributed by atoms with Crippen LogP contribution in [0.25, 0.3) is 0 Å². The Morgan fingerprint density at radius 2 is 1.85 bits per heavy atom. The van der Waals surface area contributed by atoms with E-state index in [1.54, 1.807) is 34.6 Å². The van der Waals surface area contributed by atoms with E-state index in [-0.39, 0.29) is 0 Å². The third-order valence-electron chi connectivity index (χ3n) is 4.01. The van der Waals surface area contributed by atoms with Crippen LogP contribution in [0.1, 0.15) is 34.6 Å². The number of sulfonamides is 1. The van der Waals surface area contributed by atoms with Crippen molar-refractivity contribution in [3.05, 3.63) is 0 Å². The van der Waals surface area contributed by atoms with E-state index in [1.807, 2.05) is 0 Å². The Kier molecular flexibility index (Phi) is 5.39. The fourth-order valence-electron chi connectivity index (χ4n) is 2.77. The van der Waals surface area contributed by atoms with Crippen molar-refractivity contribution in [2.24, 2.45) is 5.41 Å². The van der Waals surface area contributed by atoms with Crippen LogP contribution in [-0.4, -0.2) is 66.4 Å². The summed E-state index contributed by atoms with van der Waals surface area (Å²) in [5, 5.41) is -0.484. The Morgan fingerprint density at radius 1 is 1.27 bits per heavy atom. The number of esters is 2. The van der Waals surface area contributed by atoms with Gasteiger partial charge in [0, 0.05) is 4.75 Å². The Balaban J connectivity index is 2.02. The molecule has 2 aliphatic heterocycles. The lowest BCUT2D eigenvalue weighted by atomic mass is 9.96. The topological polar surface area (TPSA) is 119 Å². The number of fused-ring (bicyclic) bond motifs is 1. The predicted octanol–water partition coefficient (Wildman–Crippen LogP) is 0.0565. The monoisotopic (exact) mass is 408 g/mol. The molecule has 0 aromatic heterocycles. The molecule has 9 nitrogen and oxygen atoms in total. The molecule has 2 aliphatic rings. The first-order chi connectivity index (χ1) is 11.6. The van der Waals surface area contributed by atoms with Crippen molar-refractivity contribution >= 4 is 39.6 Å². The highest BCUT2D eigenvalue weighted by Gasteiger charge is 2.64. The van der Waals surface area contributed by atoms with Crippen molar-refractivity contribution < 1.29 is 32.3 Å². The van der Waals surface area contributed by atoms with Gasteiger partial charge >= 0.3 is 11.9 Å². The molecule has 2 heterocycles. The average Bonchev–Trinajstić information content (AvgIpc) is 2.71. The standard InChI is InChI=1S/C15H24N2O7S2/c1-14(2,3)13(20)24-7-23-12(19)9-15(4,5)25-11-8(10(18)17(9)11)16-26(6,21)22/h8-9,11,16H,7H2,1-6H3/t8-,9+,11-/m1/s1. The van der Waals surface area contributed by atoms with Crippen LogP contribution in [0.2, 0.25) is 0 Å². The number of thioether (sulfide) groups is 1. The molecule has 2 fully saturated rings. The summed E-state index contributed by atoms with van der Waals surface area (Å²) in [6.07, 6.45) is 0.975. The summed E-state index contributed by atoms with van der Waals surface area (Å²) >= 11 is 1.32. The minimum Gasteiger partial charge on any atom is -0.427 e. The van der Waals surface area contributed by atoms with Crippen molar-refractivity contribution in [3.8, 4) is 0 Å². The molecule has 0 radical (unpaired) electrons. The molecule has 3 atom stereocenters. The molecule has 11 heteroatoms. The molecule has 0 unspecified atom stereocenters. The van der Waals surface area contributed by atoms with Gasteiger partial charge in [0.05, 0.1) is 11.7 Å². The van der Waals surface area contributed by atoms with Crippen LogP contribution in [0.15, 0.2) is 0 Å². The van der Waals surface area contributed by atoms with E-state index >= 15 is 0 Å². The lowest BCUT2D eigenvalue weighted by Crippen LogP contribution is -2.70. The van der Waals surface area contributed by atoms with Crippen molar-refractivity contribution in [2.45, 2.75) is 56.8 Å². The number of amides is 1. The molecular formula is C15H24N2O7S2. The third-order valence-corrected chi connectivity index (χ3v) is 6.26. The number of ether oxygens (including phenoxy) is 2. The fraction of sp³-hybridized carbons (Fsp3) is 0.800. The number of carbonyl (C=O) groups is 3. The van der Waals surface area contributed by atoms with Gasteiger partial charge in [-0.2, -0.15) is 4.72 Å². The van der Waals surface area contributed by atoms with E-state index < -0.39 is 62.3 Å². The van der Waals surface area contributed by atoms with Crippen LogP contribution in [-0.2, 0) is 33.9 Å². The maximum Gasteiger partial charge on any atom is 0.333 e. The Morgan fingerprint density at radius 3 is 2.35 bits per heavy atom. The van der Waals surface area contributed by atoms with Gasteiger partial charge in [-0.15, -0.1) is 11.8 Å². The molecule has 148 valence electrons. The van der Waals surface area contributed by atoms with Gasteiger partial charge in [-0.25, -0.2) is 13.2 Å². The van der Waals surface area contributed by atoms with Crippen LogP contribution in [0.4, 0.5) is 0 Å². The van der Waals surface area contributed by atoms with Crippen molar-refractivity contribution in [3.63, 3.8) is 0 Å². The molecule has 1 N–H and O–H groups in total. The first-order valence-electron chi connectivity index (χ1n) is 7.96. The molecule has 0 aliphatic carbocycles. The second-order valence-electron chi connectivity index (χ2n) is 7.89. The van der Waals surface area contributed by atoms with Crippen LogP contribution in [0.5, 0.6) is 0 Å². The Bertz CT molecular complexity index is 727. The number of hydrogen-bond donors (Lipinski definition) is 1. The van der Waals surface area contributed by atoms with Gasteiger partial charge in [-0.1, -0.05) is 0 Å². The highest BCUT2D eigenvalue weighted by atomic mass is 32.2. The van der Waals surface area contributed by atoms with Crippen molar-refractivity contribution in [1.29, 1.82) is 0 Å². The van der Waals surface area contributed by atoms with Gasteiger partial charge in [0.2, 0.25) is 22.7 Å². The van der Waals surface area contributed by atoms with Gasteiger partial charge < -0.3 is 14.4 Å². The molecule has 1 amide bonds. The minimum atomic E-state index is -3.55. The number of nitrogens with zero attached hydrogens (tertiary/aromatic N) is 1. The number of carbonyl (C=O) groups excluding carboxylic acids is 3. The zero-order valence-corrected chi connectivity index (χ0v) is 17.2. The highest BCUT2D eigenvalue weighted by molar-refractivity contribution is 8.01. The summed E-state index contributed by atoms with van der Waals surface area (Å²) in [5.74, 6) is -1.69. The number of β-lactam (4-membered cyclic amide) rings is 1. The van der Waals surface area contributed by atoms with Crippen LogP contribution < -0.4 is 4.72 Å². The van der Waals surface area contributed by atoms with E-state index in [4.69, 9.17) is 9.47 Å². The average molecular weight is 408 g/mol. The predicted molar refractivity (Wildman–Crippen MR) is 94.4 cm³/mol. The summed E-state index contributed by atoms with van der Waals surface area (Å²) in [6, 6.07) is -1.79.